The van der Waals surface area contributed by atoms with Crippen LogP contribution in [0.3, 0.4) is 0 Å². The first-order valence-electron chi connectivity index (χ1n) is 11.9. The topological polar surface area (TPSA) is 125 Å². The lowest BCUT2D eigenvalue weighted by Gasteiger charge is -2.41. The Labute approximate surface area is 205 Å². The van der Waals surface area contributed by atoms with Crippen molar-refractivity contribution in [1.29, 1.82) is 0 Å². The summed E-state index contributed by atoms with van der Waals surface area (Å²) in [5, 5.41) is 15.1. The SMILES string of the molecule is CCOc1cc(-c2nncn2C)ccc1C1(N)N=Cc2cc(C)nc(NCC3(OC)CCC3)c2N1. The molecule has 3 aromatic rings. The molecule has 1 unspecified atom stereocenters. The van der Waals surface area contributed by atoms with Crippen LogP contribution < -0.4 is 21.1 Å². The summed E-state index contributed by atoms with van der Waals surface area (Å²) < 4.78 is 13.6. The maximum Gasteiger partial charge on any atom is 0.212 e. The van der Waals surface area contributed by atoms with Crippen LogP contribution in [0.2, 0.25) is 0 Å². The number of fused-ring (bicyclic) bond motifs is 1. The lowest BCUT2D eigenvalue weighted by molar-refractivity contribution is -0.0601. The van der Waals surface area contributed by atoms with Gasteiger partial charge in [-0.1, -0.05) is 6.07 Å². The van der Waals surface area contributed by atoms with Gasteiger partial charge >= 0.3 is 0 Å². The molecule has 0 radical (unpaired) electrons. The number of anilines is 2. The molecule has 0 bridgehead atoms. The fourth-order valence-electron chi connectivity index (χ4n) is 4.66. The van der Waals surface area contributed by atoms with E-state index in [2.05, 4.69) is 20.8 Å². The van der Waals surface area contributed by atoms with Crippen molar-refractivity contribution in [2.24, 2.45) is 17.8 Å². The van der Waals surface area contributed by atoms with E-state index in [0.29, 0.717) is 24.5 Å². The normalized spacial score (nSPS) is 20.0. The molecule has 5 rings (SSSR count). The molecule has 2 aliphatic rings. The second-order valence-electron chi connectivity index (χ2n) is 9.23. The predicted octanol–water partition coefficient (Wildman–Crippen LogP) is 3.18. The van der Waals surface area contributed by atoms with Crippen molar-refractivity contribution in [2.75, 3.05) is 30.9 Å². The van der Waals surface area contributed by atoms with Crippen LogP contribution in [0.4, 0.5) is 11.5 Å². The van der Waals surface area contributed by atoms with Gasteiger partial charge in [0.1, 0.15) is 12.1 Å². The van der Waals surface area contributed by atoms with E-state index in [9.17, 15) is 0 Å². The zero-order chi connectivity index (χ0) is 24.6. The number of rotatable bonds is 8. The van der Waals surface area contributed by atoms with Crippen molar-refractivity contribution in [3.8, 4) is 17.1 Å². The molecule has 35 heavy (non-hydrogen) atoms. The summed E-state index contributed by atoms with van der Waals surface area (Å²) in [5.74, 6) is 0.866. The van der Waals surface area contributed by atoms with Crippen molar-refractivity contribution >= 4 is 17.7 Å². The molecular weight excluding hydrogens is 444 g/mol. The third-order valence-electron chi connectivity index (χ3n) is 6.84. The smallest absolute Gasteiger partial charge is 0.212 e. The highest BCUT2D eigenvalue weighted by Gasteiger charge is 2.38. The molecule has 2 aromatic heterocycles. The van der Waals surface area contributed by atoms with E-state index in [0.717, 1.165) is 47.0 Å². The number of benzene rings is 1. The Morgan fingerprint density at radius 1 is 1.26 bits per heavy atom. The highest BCUT2D eigenvalue weighted by atomic mass is 16.5. The maximum atomic E-state index is 6.87. The first kappa shape index (κ1) is 23.3. The van der Waals surface area contributed by atoms with E-state index < -0.39 is 5.79 Å². The van der Waals surface area contributed by atoms with E-state index in [1.165, 1.54) is 6.42 Å². The van der Waals surface area contributed by atoms with Crippen LogP contribution in [-0.2, 0) is 17.6 Å². The molecule has 1 aliphatic carbocycles. The lowest BCUT2D eigenvalue weighted by Crippen LogP contribution is -2.47. The number of pyridine rings is 1. The van der Waals surface area contributed by atoms with Gasteiger partial charge in [-0.3, -0.25) is 5.73 Å². The number of nitrogens with zero attached hydrogens (tertiary/aromatic N) is 5. The fraction of sp³-hybridized carbons (Fsp3) is 0.440. The second-order valence-corrected chi connectivity index (χ2v) is 9.23. The van der Waals surface area contributed by atoms with E-state index in [-0.39, 0.29) is 5.60 Å². The summed E-state index contributed by atoms with van der Waals surface area (Å²) in [4.78, 5) is 9.47. The van der Waals surface area contributed by atoms with E-state index >= 15 is 0 Å². The molecule has 10 heteroatoms. The van der Waals surface area contributed by atoms with Crippen molar-refractivity contribution in [1.82, 2.24) is 19.7 Å². The minimum absolute atomic E-state index is 0.140. The molecule has 1 fully saturated rings. The van der Waals surface area contributed by atoms with E-state index in [1.807, 2.05) is 49.7 Å². The fourth-order valence-corrected chi connectivity index (χ4v) is 4.66. The van der Waals surface area contributed by atoms with Crippen LogP contribution in [-0.4, -0.2) is 51.8 Å². The summed E-state index contributed by atoms with van der Waals surface area (Å²) >= 11 is 0. The summed E-state index contributed by atoms with van der Waals surface area (Å²) in [5.41, 5.74) is 11.0. The maximum absolute atomic E-state index is 6.87. The number of hydrogen-bond acceptors (Lipinski definition) is 9. The van der Waals surface area contributed by atoms with Crippen LogP contribution in [0.1, 0.15) is 43.0 Å². The second kappa shape index (κ2) is 8.94. The Balaban J connectivity index is 1.49. The number of aryl methyl sites for hydroxylation is 2. The van der Waals surface area contributed by atoms with Crippen LogP contribution in [0.5, 0.6) is 5.75 Å². The number of hydrogen-bond donors (Lipinski definition) is 3. The highest BCUT2D eigenvalue weighted by molar-refractivity contribution is 5.94. The quantitative estimate of drug-likeness (QED) is 0.453. The molecule has 0 amide bonds. The van der Waals surface area contributed by atoms with Crippen LogP contribution in [0, 0.1) is 6.92 Å². The average molecular weight is 477 g/mol. The van der Waals surface area contributed by atoms with Gasteiger partial charge < -0.3 is 24.7 Å². The van der Waals surface area contributed by atoms with Gasteiger partial charge in [0.15, 0.2) is 11.6 Å². The molecule has 1 saturated carbocycles. The molecule has 3 heterocycles. The van der Waals surface area contributed by atoms with Crippen molar-refractivity contribution in [3.05, 3.63) is 47.4 Å². The Bertz CT molecular complexity index is 1260. The Morgan fingerprint density at radius 2 is 2.09 bits per heavy atom. The number of ether oxygens (including phenoxy) is 2. The minimum atomic E-state index is -1.24. The van der Waals surface area contributed by atoms with Gasteiger partial charge in [0.25, 0.3) is 0 Å². The zero-order valence-corrected chi connectivity index (χ0v) is 20.6. The molecule has 0 saturated heterocycles. The standard InChI is InChI=1S/C25H32N8O2/c1-5-35-20-12-17(23-32-29-15-33(23)3)7-8-19(20)25(26)28-13-18-11-16(2)30-22(21(18)31-25)27-14-24(34-4)9-6-10-24/h7-8,11-13,15,31H,5-6,9-10,14,26H2,1-4H3,(H,27,30). The minimum Gasteiger partial charge on any atom is -0.493 e. The number of aromatic nitrogens is 4. The third kappa shape index (κ3) is 4.23. The van der Waals surface area contributed by atoms with Crippen LogP contribution in [0.15, 0.2) is 35.6 Å². The molecule has 0 spiro atoms. The number of nitrogens with two attached hydrogens (primary N) is 1. The summed E-state index contributed by atoms with van der Waals surface area (Å²) in [6, 6.07) is 7.80. The van der Waals surface area contributed by atoms with E-state index in [1.54, 1.807) is 19.7 Å². The molecule has 1 aromatic carbocycles. The largest absolute Gasteiger partial charge is 0.493 e. The first-order chi connectivity index (χ1) is 16.9. The Morgan fingerprint density at radius 3 is 2.74 bits per heavy atom. The molecule has 1 aliphatic heterocycles. The Hall–Kier alpha value is -3.50. The molecule has 1 atom stereocenters. The van der Waals surface area contributed by atoms with Gasteiger partial charge in [-0.2, -0.15) is 0 Å². The van der Waals surface area contributed by atoms with E-state index in [4.69, 9.17) is 25.2 Å². The van der Waals surface area contributed by atoms with Gasteiger partial charge in [-0.25, -0.2) is 9.98 Å². The zero-order valence-electron chi connectivity index (χ0n) is 20.6. The molecular formula is C25H32N8O2. The number of aliphatic imine (C=N–C) groups is 1. The summed E-state index contributed by atoms with van der Waals surface area (Å²) in [6.07, 6.45) is 6.72. The van der Waals surface area contributed by atoms with Gasteiger partial charge in [0, 0.05) is 43.7 Å². The number of methoxy groups -OCH3 is 1. The summed E-state index contributed by atoms with van der Waals surface area (Å²) in [7, 11) is 3.68. The Kier molecular flexibility index (Phi) is 5.94. The number of nitrogens with one attached hydrogen (secondary N) is 2. The van der Waals surface area contributed by atoms with Gasteiger partial charge in [0.05, 0.1) is 23.5 Å². The lowest BCUT2D eigenvalue weighted by atomic mass is 9.80. The predicted molar refractivity (Wildman–Crippen MR) is 136 cm³/mol. The molecule has 10 nitrogen and oxygen atoms in total. The van der Waals surface area contributed by atoms with Crippen LogP contribution >= 0.6 is 0 Å². The van der Waals surface area contributed by atoms with Gasteiger partial charge in [-0.15, -0.1) is 10.2 Å². The third-order valence-corrected chi connectivity index (χ3v) is 6.84. The monoisotopic (exact) mass is 476 g/mol. The molecule has 184 valence electrons. The van der Waals surface area contributed by atoms with Crippen molar-refractivity contribution < 1.29 is 9.47 Å². The highest BCUT2D eigenvalue weighted by Crippen LogP contribution is 2.40. The first-order valence-corrected chi connectivity index (χ1v) is 11.9. The summed E-state index contributed by atoms with van der Waals surface area (Å²) in [6.45, 7) is 5.07. The van der Waals surface area contributed by atoms with Gasteiger partial charge in [-0.05, 0) is 51.3 Å². The van der Waals surface area contributed by atoms with Gasteiger partial charge in [0.2, 0.25) is 5.79 Å². The van der Waals surface area contributed by atoms with Crippen molar-refractivity contribution in [2.45, 2.75) is 44.5 Å². The average Bonchev–Trinajstić information content (AvgIpc) is 3.25. The molecule has 4 N–H and O–H groups in total. The van der Waals surface area contributed by atoms with Crippen molar-refractivity contribution in [3.63, 3.8) is 0 Å². The van der Waals surface area contributed by atoms with Crippen LogP contribution in [0.25, 0.3) is 11.4 Å².